The number of hydrogen-bond donors (Lipinski definition) is 1. The van der Waals surface area contributed by atoms with Crippen molar-refractivity contribution in [3.05, 3.63) is 78.4 Å². The number of ether oxygens (including phenoxy) is 1. The number of pyridine rings is 1. The maximum Gasteiger partial charge on any atom is 0.337 e. The van der Waals surface area contributed by atoms with Gasteiger partial charge >= 0.3 is 5.97 Å². The Kier molecular flexibility index (Phi) is 5.04. The average Bonchev–Trinajstić information content (AvgIpc) is 3.17. The third-order valence-electron chi connectivity index (χ3n) is 3.67. The molecular weight excluding hydrogens is 370 g/mol. The van der Waals surface area contributed by atoms with E-state index < -0.39 is 21.9 Å². The van der Waals surface area contributed by atoms with Crippen molar-refractivity contribution < 1.29 is 22.7 Å². The largest absolute Gasteiger partial charge is 0.465 e. The number of carbonyl (C=O) groups excluding carboxylic acids is 2. The molecule has 0 spiro atoms. The van der Waals surface area contributed by atoms with Crippen LogP contribution in [0, 0.1) is 0 Å². The van der Waals surface area contributed by atoms with Crippen molar-refractivity contribution in [1.82, 2.24) is 8.96 Å². The molecule has 2 aromatic heterocycles. The number of anilines is 1. The highest BCUT2D eigenvalue weighted by Gasteiger charge is 2.18. The second-order valence-corrected chi connectivity index (χ2v) is 7.26. The Balaban J connectivity index is 1.80. The van der Waals surface area contributed by atoms with Gasteiger partial charge in [0, 0.05) is 18.6 Å². The molecule has 27 heavy (non-hydrogen) atoms. The third-order valence-corrected chi connectivity index (χ3v) is 5.32. The van der Waals surface area contributed by atoms with Gasteiger partial charge in [-0.05, 0) is 42.5 Å². The molecule has 8 nitrogen and oxygen atoms in total. The lowest BCUT2D eigenvalue weighted by Crippen LogP contribution is -2.14. The normalized spacial score (nSPS) is 11.0. The number of rotatable bonds is 5. The Bertz CT molecular complexity index is 1070. The standard InChI is InChI=1S/C18H15N3O5S/c1-26-18(23)13-5-7-15(8-6-13)27(24,25)21-11-9-14(12-21)20-17(22)16-4-2-3-10-19-16/h2-12H,1H3,(H,20,22). The molecule has 3 rings (SSSR count). The van der Waals surface area contributed by atoms with Gasteiger partial charge in [0.25, 0.3) is 15.9 Å². The number of nitrogens with zero attached hydrogens (tertiary/aromatic N) is 2. The zero-order valence-electron chi connectivity index (χ0n) is 14.2. The molecule has 0 aliphatic rings. The molecule has 138 valence electrons. The molecule has 0 bridgehead atoms. The van der Waals surface area contributed by atoms with E-state index >= 15 is 0 Å². The van der Waals surface area contributed by atoms with E-state index in [1.165, 1.54) is 56.0 Å². The topological polar surface area (TPSA) is 107 Å². The molecule has 3 aromatic rings. The van der Waals surface area contributed by atoms with Gasteiger partial charge in [0.05, 0.1) is 23.3 Å². The van der Waals surface area contributed by atoms with Crippen molar-refractivity contribution in [3.8, 4) is 0 Å². The van der Waals surface area contributed by atoms with Crippen LogP contribution < -0.4 is 5.32 Å². The zero-order valence-corrected chi connectivity index (χ0v) is 15.0. The van der Waals surface area contributed by atoms with Crippen LogP contribution >= 0.6 is 0 Å². The van der Waals surface area contributed by atoms with Crippen LogP contribution in [0.1, 0.15) is 20.8 Å². The lowest BCUT2D eigenvalue weighted by atomic mass is 10.2. The number of methoxy groups -OCH3 is 1. The summed E-state index contributed by atoms with van der Waals surface area (Å²) >= 11 is 0. The van der Waals surface area contributed by atoms with E-state index in [0.717, 1.165) is 3.97 Å². The Morgan fingerprint density at radius 1 is 1.07 bits per heavy atom. The van der Waals surface area contributed by atoms with Crippen molar-refractivity contribution >= 4 is 27.6 Å². The molecular formula is C18H15N3O5S. The zero-order chi connectivity index (χ0) is 19.4. The van der Waals surface area contributed by atoms with Crippen LogP contribution in [0.2, 0.25) is 0 Å². The summed E-state index contributed by atoms with van der Waals surface area (Å²) < 4.78 is 30.9. The predicted octanol–water partition coefficient (Wildman–Crippen LogP) is 2.16. The Morgan fingerprint density at radius 2 is 1.81 bits per heavy atom. The maximum absolute atomic E-state index is 12.7. The van der Waals surface area contributed by atoms with Gasteiger partial charge in [0.2, 0.25) is 0 Å². The first-order valence-electron chi connectivity index (χ1n) is 7.76. The fourth-order valence-electron chi connectivity index (χ4n) is 2.30. The predicted molar refractivity (Wildman–Crippen MR) is 97.0 cm³/mol. The molecule has 9 heteroatoms. The van der Waals surface area contributed by atoms with Gasteiger partial charge in [0.1, 0.15) is 5.69 Å². The minimum Gasteiger partial charge on any atom is -0.465 e. The van der Waals surface area contributed by atoms with E-state index in [1.807, 2.05) is 0 Å². The molecule has 2 heterocycles. The Labute approximate surface area is 155 Å². The Hall–Kier alpha value is -3.46. The summed E-state index contributed by atoms with van der Waals surface area (Å²) in [4.78, 5) is 27.5. The van der Waals surface area contributed by atoms with Crippen LogP contribution in [-0.4, -0.2) is 36.4 Å². The van der Waals surface area contributed by atoms with Crippen LogP contribution in [0.15, 0.2) is 72.0 Å². The van der Waals surface area contributed by atoms with Gasteiger partial charge in [-0.15, -0.1) is 0 Å². The summed E-state index contributed by atoms with van der Waals surface area (Å²) in [6.07, 6.45) is 4.09. The smallest absolute Gasteiger partial charge is 0.337 e. The van der Waals surface area contributed by atoms with Gasteiger partial charge in [-0.3, -0.25) is 9.78 Å². The number of hydrogen-bond acceptors (Lipinski definition) is 6. The number of amides is 1. The molecule has 0 aliphatic carbocycles. The van der Waals surface area contributed by atoms with Crippen molar-refractivity contribution in [2.75, 3.05) is 12.4 Å². The van der Waals surface area contributed by atoms with E-state index in [1.54, 1.807) is 18.2 Å². The van der Waals surface area contributed by atoms with Crippen molar-refractivity contribution in [3.63, 3.8) is 0 Å². The average molecular weight is 385 g/mol. The van der Waals surface area contributed by atoms with Gasteiger partial charge < -0.3 is 10.1 Å². The van der Waals surface area contributed by atoms with Crippen molar-refractivity contribution in [1.29, 1.82) is 0 Å². The van der Waals surface area contributed by atoms with E-state index in [9.17, 15) is 18.0 Å². The van der Waals surface area contributed by atoms with Crippen LogP contribution in [0.5, 0.6) is 0 Å². The van der Waals surface area contributed by atoms with E-state index in [-0.39, 0.29) is 16.2 Å². The first-order valence-corrected chi connectivity index (χ1v) is 9.20. The monoisotopic (exact) mass is 385 g/mol. The van der Waals surface area contributed by atoms with Gasteiger partial charge in [0.15, 0.2) is 0 Å². The first-order chi connectivity index (χ1) is 12.9. The molecule has 0 saturated carbocycles. The fourth-order valence-corrected chi connectivity index (χ4v) is 3.49. The van der Waals surface area contributed by atoms with Gasteiger partial charge in [-0.2, -0.15) is 0 Å². The molecule has 0 fully saturated rings. The second kappa shape index (κ2) is 7.42. The maximum atomic E-state index is 12.7. The highest BCUT2D eigenvalue weighted by molar-refractivity contribution is 7.90. The highest BCUT2D eigenvalue weighted by Crippen LogP contribution is 2.18. The minimum atomic E-state index is -3.87. The molecule has 1 N–H and O–H groups in total. The lowest BCUT2D eigenvalue weighted by molar-refractivity contribution is 0.0600. The van der Waals surface area contributed by atoms with Gasteiger partial charge in [-0.1, -0.05) is 6.07 Å². The Morgan fingerprint density at radius 3 is 2.44 bits per heavy atom. The van der Waals surface area contributed by atoms with Crippen LogP contribution in [0.25, 0.3) is 0 Å². The fraction of sp³-hybridized carbons (Fsp3) is 0.0556. The lowest BCUT2D eigenvalue weighted by Gasteiger charge is -2.06. The number of nitrogens with one attached hydrogen (secondary N) is 1. The van der Waals surface area contributed by atoms with E-state index in [4.69, 9.17) is 0 Å². The molecule has 0 radical (unpaired) electrons. The molecule has 0 atom stereocenters. The molecule has 0 aliphatic heterocycles. The number of carbonyl (C=O) groups is 2. The number of benzene rings is 1. The summed E-state index contributed by atoms with van der Waals surface area (Å²) in [5.41, 5.74) is 0.763. The SMILES string of the molecule is COC(=O)c1ccc(S(=O)(=O)n2ccc(NC(=O)c3ccccn3)c2)cc1. The molecule has 1 amide bonds. The summed E-state index contributed by atoms with van der Waals surface area (Å²) in [6.45, 7) is 0. The number of aromatic nitrogens is 2. The second-order valence-electron chi connectivity index (χ2n) is 5.42. The van der Waals surface area contributed by atoms with Crippen LogP contribution in [0.4, 0.5) is 5.69 Å². The van der Waals surface area contributed by atoms with E-state index in [0.29, 0.717) is 5.69 Å². The summed E-state index contributed by atoms with van der Waals surface area (Å²) in [5.74, 6) is -1.01. The van der Waals surface area contributed by atoms with Gasteiger partial charge in [-0.25, -0.2) is 17.2 Å². The van der Waals surface area contributed by atoms with Crippen LogP contribution in [0.3, 0.4) is 0 Å². The summed E-state index contributed by atoms with van der Waals surface area (Å²) in [7, 11) is -2.63. The quantitative estimate of drug-likeness (QED) is 0.675. The van der Waals surface area contributed by atoms with Crippen molar-refractivity contribution in [2.24, 2.45) is 0 Å². The molecule has 1 aromatic carbocycles. The highest BCUT2D eigenvalue weighted by atomic mass is 32.2. The summed E-state index contributed by atoms with van der Waals surface area (Å²) in [6, 6.07) is 11.7. The van der Waals surface area contributed by atoms with E-state index in [2.05, 4.69) is 15.0 Å². The molecule has 0 unspecified atom stereocenters. The van der Waals surface area contributed by atoms with Crippen LogP contribution in [-0.2, 0) is 14.8 Å². The van der Waals surface area contributed by atoms with Crippen molar-refractivity contribution in [2.45, 2.75) is 4.90 Å². The summed E-state index contributed by atoms with van der Waals surface area (Å²) in [5, 5.41) is 2.59. The minimum absolute atomic E-state index is 0.00615. The molecule has 0 saturated heterocycles. The first kappa shape index (κ1) is 18.3. The number of esters is 1. The third kappa shape index (κ3) is 3.87.